The number of pyridine rings is 1. The van der Waals surface area contributed by atoms with Crippen LogP contribution in [0.15, 0.2) is 18.2 Å². The minimum atomic E-state index is -0.409. The van der Waals surface area contributed by atoms with Crippen molar-refractivity contribution in [3.63, 3.8) is 0 Å². The molecule has 0 spiro atoms. The molecule has 4 heteroatoms. The molecule has 1 amide bonds. The van der Waals surface area contributed by atoms with Gasteiger partial charge in [-0.15, -0.1) is 0 Å². The number of rotatable bonds is 3. The van der Waals surface area contributed by atoms with Crippen molar-refractivity contribution < 1.29 is 9.90 Å². The fourth-order valence-electron chi connectivity index (χ4n) is 4.25. The summed E-state index contributed by atoms with van der Waals surface area (Å²) in [5.41, 5.74) is 4.97. The molecule has 0 radical (unpaired) electrons. The summed E-state index contributed by atoms with van der Waals surface area (Å²) in [6, 6.07) is 6.12. The summed E-state index contributed by atoms with van der Waals surface area (Å²) in [7, 11) is 1.83. The Morgan fingerprint density at radius 3 is 2.56 bits per heavy atom. The van der Waals surface area contributed by atoms with Gasteiger partial charge in [0, 0.05) is 24.0 Å². The molecule has 0 saturated heterocycles. The number of hydrogen-bond acceptors (Lipinski definition) is 3. The molecule has 2 aromatic rings. The highest BCUT2D eigenvalue weighted by Crippen LogP contribution is 2.41. The van der Waals surface area contributed by atoms with Crippen LogP contribution in [0.2, 0.25) is 0 Å². The molecule has 0 bridgehead atoms. The number of aliphatic hydroxyl groups is 1. The van der Waals surface area contributed by atoms with Crippen molar-refractivity contribution in [2.45, 2.75) is 64.0 Å². The van der Waals surface area contributed by atoms with Crippen molar-refractivity contribution in [1.29, 1.82) is 0 Å². The molecular formula is C21H26N2O2. The molecule has 132 valence electrons. The van der Waals surface area contributed by atoms with E-state index in [2.05, 4.69) is 26.0 Å². The summed E-state index contributed by atoms with van der Waals surface area (Å²) in [6.07, 6.45) is 4.55. The Kier molecular flexibility index (Phi) is 4.03. The third-order valence-corrected chi connectivity index (χ3v) is 5.76. The van der Waals surface area contributed by atoms with Crippen LogP contribution >= 0.6 is 0 Å². The summed E-state index contributed by atoms with van der Waals surface area (Å²) in [5, 5.41) is 11.2. The molecular weight excluding hydrogens is 312 g/mol. The van der Waals surface area contributed by atoms with Crippen molar-refractivity contribution in [3.8, 4) is 0 Å². The summed E-state index contributed by atoms with van der Waals surface area (Å²) in [6.45, 7) is 4.12. The Hall–Kier alpha value is -1.94. The maximum Gasteiger partial charge on any atom is 0.254 e. The minimum Gasteiger partial charge on any atom is -0.391 e. The first kappa shape index (κ1) is 16.5. The first-order valence-electron chi connectivity index (χ1n) is 9.33. The molecule has 0 aliphatic heterocycles. The number of carbonyl (C=O) groups is 1. The van der Waals surface area contributed by atoms with Crippen LogP contribution in [0, 0.1) is 13.8 Å². The average Bonchev–Trinajstić information content (AvgIpc) is 3.33. The number of fused-ring (bicyclic) bond motifs is 1. The van der Waals surface area contributed by atoms with E-state index in [0.717, 1.165) is 59.8 Å². The number of aromatic nitrogens is 1. The highest BCUT2D eigenvalue weighted by molar-refractivity contribution is 6.07. The lowest BCUT2D eigenvalue weighted by Crippen LogP contribution is -2.41. The Morgan fingerprint density at radius 1 is 1.16 bits per heavy atom. The molecule has 2 aliphatic carbocycles. The lowest BCUT2D eigenvalue weighted by molar-refractivity contribution is 0.0540. The zero-order chi connectivity index (χ0) is 17.7. The van der Waals surface area contributed by atoms with Crippen molar-refractivity contribution in [2.75, 3.05) is 7.05 Å². The van der Waals surface area contributed by atoms with Crippen LogP contribution in [0.4, 0.5) is 0 Å². The fraction of sp³-hybridized carbons (Fsp3) is 0.524. The number of likely N-dealkylation sites (N-methyl/N-ethyl adjacent to an activating group) is 1. The van der Waals surface area contributed by atoms with Gasteiger partial charge < -0.3 is 10.0 Å². The van der Waals surface area contributed by atoms with Crippen molar-refractivity contribution in [3.05, 3.63) is 40.6 Å². The molecule has 2 saturated carbocycles. The molecule has 1 N–H and O–H groups in total. The number of benzene rings is 1. The van der Waals surface area contributed by atoms with Crippen LogP contribution in [0.5, 0.6) is 0 Å². The summed E-state index contributed by atoms with van der Waals surface area (Å²) >= 11 is 0. The first-order valence-corrected chi connectivity index (χ1v) is 9.33. The van der Waals surface area contributed by atoms with Crippen molar-refractivity contribution in [1.82, 2.24) is 9.88 Å². The third kappa shape index (κ3) is 2.93. The van der Waals surface area contributed by atoms with Crippen LogP contribution in [0.1, 0.15) is 65.2 Å². The molecule has 4 nitrogen and oxygen atoms in total. The summed E-state index contributed by atoms with van der Waals surface area (Å²) in [4.78, 5) is 19.9. The lowest BCUT2D eigenvalue weighted by atomic mass is 9.98. The minimum absolute atomic E-state index is 0.00667. The topological polar surface area (TPSA) is 53.4 Å². The van der Waals surface area contributed by atoms with E-state index in [9.17, 15) is 9.90 Å². The molecule has 2 fully saturated rings. The highest BCUT2D eigenvalue weighted by atomic mass is 16.3. The maximum absolute atomic E-state index is 13.3. The van der Waals surface area contributed by atoms with Gasteiger partial charge in [0.1, 0.15) is 0 Å². The van der Waals surface area contributed by atoms with Crippen molar-refractivity contribution in [2.24, 2.45) is 0 Å². The SMILES string of the molecule is Cc1cc(C)c2c(C(=O)N(C)[C@@H]3CCC[C@H]3O)cc(C3CC3)nc2c1. The predicted molar refractivity (Wildman–Crippen MR) is 98.9 cm³/mol. The maximum atomic E-state index is 13.3. The second-order valence-electron chi connectivity index (χ2n) is 7.83. The molecule has 0 unspecified atom stereocenters. The van der Waals surface area contributed by atoms with Crippen LogP contribution < -0.4 is 0 Å². The largest absolute Gasteiger partial charge is 0.391 e. The van der Waals surface area contributed by atoms with Crippen LogP contribution in [0.25, 0.3) is 10.9 Å². The Labute approximate surface area is 148 Å². The van der Waals surface area contributed by atoms with E-state index < -0.39 is 6.10 Å². The van der Waals surface area contributed by atoms with E-state index in [4.69, 9.17) is 4.98 Å². The molecule has 2 atom stereocenters. The van der Waals surface area contributed by atoms with Crippen LogP contribution in [-0.4, -0.2) is 40.1 Å². The Bertz CT molecular complexity index is 841. The average molecular weight is 338 g/mol. The number of aryl methyl sites for hydroxylation is 2. The molecule has 2 aliphatic rings. The summed E-state index contributed by atoms with van der Waals surface area (Å²) in [5.74, 6) is 0.506. The van der Waals surface area contributed by atoms with E-state index in [1.54, 1.807) is 4.90 Å². The quantitative estimate of drug-likeness (QED) is 0.928. The molecule has 1 heterocycles. The zero-order valence-electron chi connectivity index (χ0n) is 15.2. The van der Waals surface area contributed by atoms with E-state index in [1.807, 2.05) is 13.1 Å². The van der Waals surface area contributed by atoms with Gasteiger partial charge in [0.2, 0.25) is 0 Å². The molecule has 25 heavy (non-hydrogen) atoms. The highest BCUT2D eigenvalue weighted by Gasteiger charge is 2.33. The third-order valence-electron chi connectivity index (χ3n) is 5.76. The Balaban J connectivity index is 1.83. The van der Waals surface area contributed by atoms with Crippen LogP contribution in [0.3, 0.4) is 0 Å². The number of hydrogen-bond donors (Lipinski definition) is 1. The molecule has 1 aromatic heterocycles. The summed E-state index contributed by atoms with van der Waals surface area (Å²) < 4.78 is 0. The van der Waals surface area contributed by atoms with E-state index in [-0.39, 0.29) is 11.9 Å². The monoisotopic (exact) mass is 338 g/mol. The Morgan fingerprint density at radius 2 is 1.92 bits per heavy atom. The second kappa shape index (κ2) is 6.10. The molecule has 4 rings (SSSR count). The number of nitrogens with zero attached hydrogens (tertiary/aromatic N) is 2. The van der Waals surface area contributed by atoms with Gasteiger partial charge in [0.15, 0.2) is 0 Å². The zero-order valence-corrected chi connectivity index (χ0v) is 15.2. The van der Waals surface area contributed by atoms with E-state index in [0.29, 0.717) is 5.92 Å². The normalized spacial score (nSPS) is 23.2. The first-order chi connectivity index (χ1) is 12.0. The second-order valence-corrected chi connectivity index (χ2v) is 7.83. The van der Waals surface area contributed by atoms with Gasteiger partial charge in [-0.05, 0) is 69.2 Å². The predicted octanol–water partition coefficient (Wildman–Crippen LogP) is 3.71. The van der Waals surface area contributed by atoms with E-state index >= 15 is 0 Å². The standard InChI is InChI=1S/C21H26N2O2/c1-12-9-13(2)20-15(11-16(14-7-8-14)22-17(20)10-12)21(25)23(3)18-5-4-6-19(18)24/h9-11,14,18-19,24H,4-8H2,1-3H3/t18-,19-/m1/s1. The van der Waals surface area contributed by atoms with Gasteiger partial charge in [0.05, 0.1) is 23.2 Å². The molecule has 1 aromatic carbocycles. The number of aliphatic hydroxyl groups excluding tert-OH is 1. The van der Waals surface area contributed by atoms with Gasteiger partial charge in [0.25, 0.3) is 5.91 Å². The van der Waals surface area contributed by atoms with Gasteiger partial charge in [-0.3, -0.25) is 9.78 Å². The lowest BCUT2D eigenvalue weighted by Gasteiger charge is -2.28. The van der Waals surface area contributed by atoms with Gasteiger partial charge in [-0.25, -0.2) is 0 Å². The number of amides is 1. The van der Waals surface area contributed by atoms with Gasteiger partial charge >= 0.3 is 0 Å². The van der Waals surface area contributed by atoms with Crippen LogP contribution in [-0.2, 0) is 0 Å². The van der Waals surface area contributed by atoms with Crippen molar-refractivity contribution >= 4 is 16.8 Å². The van der Waals surface area contributed by atoms with E-state index in [1.165, 1.54) is 5.56 Å². The van der Waals surface area contributed by atoms with Gasteiger partial charge in [-0.2, -0.15) is 0 Å². The number of carbonyl (C=O) groups excluding carboxylic acids is 1. The van der Waals surface area contributed by atoms with Gasteiger partial charge in [-0.1, -0.05) is 6.07 Å². The fourth-order valence-corrected chi connectivity index (χ4v) is 4.25. The smallest absolute Gasteiger partial charge is 0.254 e.